The maximum absolute atomic E-state index is 13.0. The second kappa shape index (κ2) is 7.59. The van der Waals surface area contributed by atoms with E-state index in [4.69, 9.17) is 0 Å². The lowest BCUT2D eigenvalue weighted by atomic mass is 9.93. The SMILES string of the molecule is CN(C)C(=O)C1c2c(c(CCc3cccnc3)nn2C)C2CN1C(=O)N2OS(=O)(=O)O. The normalized spacial score (nSPS) is 20.2. The van der Waals surface area contributed by atoms with E-state index in [2.05, 4.69) is 14.4 Å². The summed E-state index contributed by atoms with van der Waals surface area (Å²) in [5.74, 6) is -0.358. The molecular formula is C18H22N6O6S. The first-order valence-corrected chi connectivity index (χ1v) is 10.9. The van der Waals surface area contributed by atoms with Crippen LogP contribution in [0.2, 0.25) is 0 Å². The van der Waals surface area contributed by atoms with Crippen LogP contribution in [-0.2, 0) is 39.4 Å². The molecule has 13 heteroatoms. The number of aromatic nitrogens is 3. The molecule has 3 amide bonds. The van der Waals surface area contributed by atoms with Gasteiger partial charge in [0.2, 0.25) is 0 Å². The van der Waals surface area contributed by atoms with Crippen molar-refractivity contribution in [1.82, 2.24) is 29.6 Å². The highest BCUT2D eigenvalue weighted by molar-refractivity contribution is 7.80. The van der Waals surface area contributed by atoms with Gasteiger partial charge < -0.3 is 9.80 Å². The number of urea groups is 1. The lowest BCUT2D eigenvalue weighted by Gasteiger charge is -2.32. The van der Waals surface area contributed by atoms with Crippen molar-refractivity contribution in [1.29, 1.82) is 0 Å². The summed E-state index contributed by atoms with van der Waals surface area (Å²) in [4.78, 5) is 32.6. The highest BCUT2D eigenvalue weighted by atomic mass is 32.3. The Morgan fingerprint density at radius 3 is 2.71 bits per heavy atom. The van der Waals surface area contributed by atoms with Gasteiger partial charge in [-0.3, -0.25) is 19.0 Å². The van der Waals surface area contributed by atoms with Crippen LogP contribution in [0.4, 0.5) is 4.79 Å². The number of carbonyl (C=O) groups excluding carboxylic acids is 2. The first kappa shape index (κ1) is 21.2. The number of fused-ring (bicyclic) bond motifs is 4. The summed E-state index contributed by atoms with van der Waals surface area (Å²) in [5, 5.41) is 5.17. The zero-order valence-corrected chi connectivity index (χ0v) is 18.0. The molecule has 2 atom stereocenters. The monoisotopic (exact) mass is 450 g/mol. The van der Waals surface area contributed by atoms with Crippen molar-refractivity contribution in [3.05, 3.63) is 47.0 Å². The highest BCUT2D eigenvalue weighted by Crippen LogP contribution is 2.46. The Bertz CT molecular complexity index is 1130. The van der Waals surface area contributed by atoms with Crippen molar-refractivity contribution in [2.75, 3.05) is 20.6 Å². The number of rotatable bonds is 6. The van der Waals surface area contributed by atoms with Crippen LogP contribution in [0.25, 0.3) is 0 Å². The Labute approximate surface area is 178 Å². The van der Waals surface area contributed by atoms with E-state index >= 15 is 0 Å². The molecule has 1 saturated heterocycles. The fourth-order valence-corrected chi connectivity index (χ4v) is 4.51. The second-order valence-electron chi connectivity index (χ2n) is 7.64. The summed E-state index contributed by atoms with van der Waals surface area (Å²) in [6.45, 7) is 0.0250. The van der Waals surface area contributed by atoms with Gasteiger partial charge in [0.25, 0.3) is 5.91 Å². The van der Waals surface area contributed by atoms with Gasteiger partial charge in [0.15, 0.2) is 6.04 Å². The van der Waals surface area contributed by atoms with E-state index in [1.165, 1.54) is 9.80 Å². The number of amides is 3. The van der Waals surface area contributed by atoms with Gasteiger partial charge in [-0.05, 0) is 24.5 Å². The van der Waals surface area contributed by atoms with Crippen molar-refractivity contribution < 1.29 is 26.8 Å². The van der Waals surface area contributed by atoms with Gasteiger partial charge in [-0.1, -0.05) is 6.07 Å². The van der Waals surface area contributed by atoms with E-state index in [-0.39, 0.29) is 12.5 Å². The molecule has 0 aromatic carbocycles. The van der Waals surface area contributed by atoms with Gasteiger partial charge in [-0.2, -0.15) is 18.6 Å². The number of aryl methyl sites for hydroxylation is 3. The molecule has 0 radical (unpaired) electrons. The minimum atomic E-state index is -4.95. The number of likely N-dealkylation sites (N-methyl/N-ethyl adjacent to an activating group) is 1. The molecule has 166 valence electrons. The number of hydroxylamine groups is 2. The van der Waals surface area contributed by atoms with Gasteiger partial charge in [-0.15, -0.1) is 4.28 Å². The minimum absolute atomic E-state index is 0.0250. The molecule has 2 unspecified atom stereocenters. The third-order valence-electron chi connectivity index (χ3n) is 5.42. The predicted octanol–water partition coefficient (Wildman–Crippen LogP) is 0.256. The molecule has 4 heterocycles. The predicted molar refractivity (Wildman–Crippen MR) is 106 cm³/mol. The Hall–Kier alpha value is -3.03. The quantitative estimate of drug-likeness (QED) is 0.619. The molecule has 4 rings (SSSR count). The Morgan fingerprint density at radius 2 is 2.10 bits per heavy atom. The van der Waals surface area contributed by atoms with Crippen LogP contribution in [0.3, 0.4) is 0 Å². The van der Waals surface area contributed by atoms with Crippen LogP contribution in [-0.4, -0.2) is 75.2 Å². The lowest BCUT2D eigenvalue weighted by molar-refractivity contribution is -0.134. The van der Waals surface area contributed by atoms with E-state index < -0.39 is 28.5 Å². The summed E-state index contributed by atoms with van der Waals surface area (Å²) in [6, 6.07) is 1.10. The van der Waals surface area contributed by atoms with Gasteiger partial charge in [0, 0.05) is 39.1 Å². The van der Waals surface area contributed by atoms with Crippen molar-refractivity contribution >= 4 is 22.3 Å². The summed E-state index contributed by atoms with van der Waals surface area (Å²) in [6.07, 6.45) is 4.49. The molecule has 31 heavy (non-hydrogen) atoms. The molecule has 1 N–H and O–H groups in total. The first-order chi connectivity index (χ1) is 14.6. The molecule has 2 aromatic rings. The Morgan fingerprint density at radius 1 is 1.35 bits per heavy atom. The molecule has 12 nitrogen and oxygen atoms in total. The van der Waals surface area contributed by atoms with Gasteiger partial charge in [-0.25, -0.2) is 4.79 Å². The molecule has 2 bridgehead atoms. The molecule has 0 spiro atoms. The van der Waals surface area contributed by atoms with Crippen molar-refractivity contribution in [2.24, 2.45) is 7.05 Å². The molecular weight excluding hydrogens is 428 g/mol. The van der Waals surface area contributed by atoms with Crippen LogP contribution in [0, 0.1) is 0 Å². The molecule has 0 aliphatic carbocycles. The number of nitrogens with zero attached hydrogens (tertiary/aromatic N) is 6. The van der Waals surface area contributed by atoms with Crippen molar-refractivity contribution in [3.63, 3.8) is 0 Å². The van der Waals surface area contributed by atoms with Crippen LogP contribution in [0.1, 0.15) is 34.6 Å². The second-order valence-corrected chi connectivity index (χ2v) is 8.65. The number of carbonyl (C=O) groups is 2. The van der Waals surface area contributed by atoms with Crippen LogP contribution < -0.4 is 0 Å². The van der Waals surface area contributed by atoms with E-state index in [9.17, 15) is 22.6 Å². The fourth-order valence-electron chi connectivity index (χ4n) is 4.14. The zero-order chi connectivity index (χ0) is 22.5. The van der Waals surface area contributed by atoms with E-state index in [1.54, 1.807) is 38.2 Å². The average molecular weight is 450 g/mol. The zero-order valence-electron chi connectivity index (χ0n) is 17.2. The fraction of sp³-hybridized carbons (Fsp3) is 0.444. The van der Waals surface area contributed by atoms with E-state index in [0.29, 0.717) is 34.9 Å². The third-order valence-corrected chi connectivity index (χ3v) is 5.77. The molecule has 1 fully saturated rings. The van der Waals surface area contributed by atoms with Crippen molar-refractivity contribution in [2.45, 2.75) is 24.9 Å². The standard InChI is InChI=1S/C18H22N6O6S/c1-21(2)17(25)16-15-14(13-10-23(16)18(26)24(13)30-31(27,28)29)12(20-22(15)3)7-6-11-5-4-8-19-9-11/h4-5,8-9,13,16H,6-7,10H2,1-3H3,(H,27,28,29). The minimum Gasteiger partial charge on any atom is -0.347 e. The number of hydrogen-bond acceptors (Lipinski definition) is 7. The van der Waals surface area contributed by atoms with E-state index in [1.807, 2.05) is 12.1 Å². The van der Waals surface area contributed by atoms with Crippen LogP contribution in [0.5, 0.6) is 0 Å². The van der Waals surface area contributed by atoms with Crippen LogP contribution in [0.15, 0.2) is 24.5 Å². The smallest absolute Gasteiger partial charge is 0.347 e. The maximum Gasteiger partial charge on any atom is 0.418 e. The topological polar surface area (TPSA) is 138 Å². The lowest BCUT2D eigenvalue weighted by Crippen LogP contribution is -2.44. The number of hydrogen-bond donors (Lipinski definition) is 1. The third kappa shape index (κ3) is 3.75. The summed E-state index contributed by atoms with van der Waals surface area (Å²) in [5.41, 5.74) is 2.64. The van der Waals surface area contributed by atoms with Gasteiger partial charge in [0.05, 0.1) is 17.9 Å². The van der Waals surface area contributed by atoms with E-state index in [0.717, 1.165) is 5.56 Å². The molecule has 2 aromatic heterocycles. The van der Waals surface area contributed by atoms with Crippen molar-refractivity contribution in [3.8, 4) is 0 Å². The Kier molecular flexibility index (Phi) is 5.19. The largest absolute Gasteiger partial charge is 0.418 e. The molecule has 0 saturated carbocycles. The van der Waals surface area contributed by atoms with Crippen LogP contribution >= 0.6 is 0 Å². The van der Waals surface area contributed by atoms with Gasteiger partial charge >= 0.3 is 16.4 Å². The highest BCUT2D eigenvalue weighted by Gasteiger charge is 2.55. The first-order valence-electron chi connectivity index (χ1n) is 9.51. The molecule has 2 aliphatic heterocycles. The molecule has 2 aliphatic rings. The summed E-state index contributed by atoms with van der Waals surface area (Å²) in [7, 11) is -0.136. The average Bonchev–Trinajstić information content (AvgIpc) is 3.17. The summed E-state index contributed by atoms with van der Waals surface area (Å²) >= 11 is 0. The Balaban J connectivity index is 1.79. The number of pyridine rings is 1. The maximum atomic E-state index is 13.0. The summed E-state index contributed by atoms with van der Waals surface area (Å²) < 4.78 is 38.1. The van der Waals surface area contributed by atoms with Gasteiger partial charge in [0.1, 0.15) is 6.04 Å².